The van der Waals surface area contributed by atoms with E-state index in [1.54, 1.807) is 12.0 Å². The largest absolute Gasteiger partial charge is 0.358 e. The summed E-state index contributed by atoms with van der Waals surface area (Å²) in [6.07, 6.45) is 14.8. The zero-order valence-electron chi connectivity index (χ0n) is 18.7. The van der Waals surface area contributed by atoms with Crippen LogP contribution in [0.15, 0.2) is 24.3 Å². The first-order valence-corrected chi connectivity index (χ1v) is 10.7. The average Bonchev–Trinajstić information content (AvgIpc) is 2.62. The van der Waals surface area contributed by atoms with Gasteiger partial charge in [0, 0.05) is 32.7 Å². The molecule has 0 unspecified atom stereocenters. The molecule has 2 saturated carbocycles. The van der Waals surface area contributed by atoms with E-state index in [1.807, 2.05) is 13.8 Å². The molecule has 0 aliphatic heterocycles. The van der Waals surface area contributed by atoms with Crippen molar-refractivity contribution in [3.63, 3.8) is 0 Å². The number of hydrogen-bond donors (Lipinski definition) is 0. The minimum atomic E-state index is 0. The first kappa shape index (κ1) is 29.5. The standard InChI is InChI=1S/C22H34.C2H6.CH3.FH.Y/c1-17-3-7-19(8-4-17)15-21-11-13-22(14-12-21)16-20-9-5-18(2)6-10-20;1-2;;;/h3-4,7-8,18,20-22H,5-6,9-16H2,1-2H3;1-2H3;1H3;1H;/q;;-1;;. The molecule has 2 heteroatoms. The molecule has 0 N–H and O–H groups in total. The van der Waals surface area contributed by atoms with Gasteiger partial charge in [-0.2, -0.15) is 0 Å². The summed E-state index contributed by atoms with van der Waals surface area (Å²) in [5.41, 5.74) is 2.93. The van der Waals surface area contributed by atoms with E-state index in [0.717, 1.165) is 23.7 Å². The number of hydrogen-bond acceptors (Lipinski definition) is 0. The van der Waals surface area contributed by atoms with Crippen LogP contribution >= 0.6 is 0 Å². The quantitative estimate of drug-likeness (QED) is 0.404. The molecule has 1 aromatic rings. The van der Waals surface area contributed by atoms with Crippen molar-refractivity contribution in [1.29, 1.82) is 0 Å². The molecule has 0 aromatic heterocycles. The van der Waals surface area contributed by atoms with Crippen molar-refractivity contribution in [3.05, 3.63) is 42.8 Å². The van der Waals surface area contributed by atoms with Crippen LogP contribution in [0.2, 0.25) is 0 Å². The van der Waals surface area contributed by atoms with Crippen LogP contribution in [0.1, 0.15) is 89.7 Å². The normalized spacial score (nSPS) is 27.0. The molecule has 0 spiro atoms. The van der Waals surface area contributed by atoms with E-state index in [-0.39, 0.29) is 44.8 Å². The maximum Gasteiger partial charge on any atom is 0 e. The molecule has 0 saturated heterocycles. The summed E-state index contributed by atoms with van der Waals surface area (Å²) in [7, 11) is 0. The molecule has 0 nitrogen and oxygen atoms in total. The van der Waals surface area contributed by atoms with Gasteiger partial charge >= 0.3 is 0 Å². The first-order valence-electron chi connectivity index (χ1n) is 10.7. The molecular weight excluding hydrogens is 408 g/mol. The minimum Gasteiger partial charge on any atom is -0.358 e. The molecule has 3 rings (SSSR count). The number of halogens is 1. The smallest absolute Gasteiger partial charge is 0 e. The molecule has 1 aromatic carbocycles. The fraction of sp³-hybridized carbons (Fsp3) is 0.720. The summed E-state index contributed by atoms with van der Waals surface area (Å²) < 4.78 is 0. The Morgan fingerprint density at radius 1 is 0.741 bits per heavy atom. The van der Waals surface area contributed by atoms with Crippen molar-refractivity contribution in [2.45, 2.75) is 91.9 Å². The molecule has 0 atom stereocenters. The van der Waals surface area contributed by atoms with E-state index >= 15 is 0 Å². The molecular formula is C25H44FY-. The molecule has 2 aliphatic rings. The van der Waals surface area contributed by atoms with E-state index in [4.69, 9.17) is 0 Å². The maximum atomic E-state index is 2.44. The Kier molecular flexibility index (Phi) is 17.6. The summed E-state index contributed by atoms with van der Waals surface area (Å²) in [6, 6.07) is 9.21. The predicted octanol–water partition coefficient (Wildman–Crippen LogP) is 8.19. The third-order valence-corrected chi connectivity index (χ3v) is 6.41. The van der Waals surface area contributed by atoms with Gasteiger partial charge in [0.25, 0.3) is 0 Å². The van der Waals surface area contributed by atoms with Crippen molar-refractivity contribution < 1.29 is 37.4 Å². The molecule has 0 amide bonds. The second-order valence-corrected chi connectivity index (χ2v) is 8.44. The van der Waals surface area contributed by atoms with Crippen LogP contribution in [0.25, 0.3) is 0 Å². The van der Waals surface area contributed by atoms with E-state index < -0.39 is 0 Å². The summed E-state index contributed by atoms with van der Waals surface area (Å²) in [5, 5.41) is 0. The fourth-order valence-corrected chi connectivity index (χ4v) is 4.77. The van der Waals surface area contributed by atoms with Crippen LogP contribution in [0.3, 0.4) is 0 Å². The average molecular weight is 453 g/mol. The summed E-state index contributed by atoms with van der Waals surface area (Å²) in [6.45, 7) is 8.62. The van der Waals surface area contributed by atoms with Crippen LogP contribution in [0, 0.1) is 38.0 Å². The molecule has 27 heavy (non-hydrogen) atoms. The molecule has 0 heterocycles. The van der Waals surface area contributed by atoms with Gasteiger partial charge < -0.3 is 7.43 Å². The molecule has 2 fully saturated rings. The van der Waals surface area contributed by atoms with Gasteiger partial charge in [0.05, 0.1) is 0 Å². The van der Waals surface area contributed by atoms with Gasteiger partial charge in [0.2, 0.25) is 0 Å². The second-order valence-electron chi connectivity index (χ2n) is 8.44. The van der Waals surface area contributed by atoms with Crippen LogP contribution in [-0.2, 0) is 39.1 Å². The summed E-state index contributed by atoms with van der Waals surface area (Å²) in [5.74, 6) is 4.06. The monoisotopic (exact) mass is 452 g/mol. The molecule has 2 aliphatic carbocycles. The van der Waals surface area contributed by atoms with Gasteiger partial charge in [-0.15, -0.1) is 0 Å². The zero-order chi connectivity index (χ0) is 17.4. The van der Waals surface area contributed by atoms with Gasteiger partial charge in [-0.05, 0) is 61.8 Å². The van der Waals surface area contributed by atoms with Gasteiger partial charge in [-0.25, -0.2) is 0 Å². The van der Waals surface area contributed by atoms with Gasteiger partial charge in [-0.1, -0.05) is 89.1 Å². The second kappa shape index (κ2) is 16.1. The summed E-state index contributed by atoms with van der Waals surface area (Å²) >= 11 is 0. The van der Waals surface area contributed by atoms with E-state index in [0.29, 0.717) is 0 Å². The van der Waals surface area contributed by atoms with Crippen LogP contribution in [0.5, 0.6) is 0 Å². The number of aryl methyl sites for hydroxylation is 1. The Bertz CT molecular complexity index is 440. The van der Waals surface area contributed by atoms with Gasteiger partial charge in [0.15, 0.2) is 0 Å². The minimum absolute atomic E-state index is 0. The SMILES string of the molecule is CC.Cc1ccc(CC2CCC(CC3CCC(C)CC3)CC2)cc1.F.[CH3-].[Y]. The molecule has 1 radical (unpaired) electrons. The van der Waals surface area contributed by atoms with E-state index in [9.17, 15) is 0 Å². The van der Waals surface area contributed by atoms with E-state index in [1.165, 1.54) is 63.4 Å². The van der Waals surface area contributed by atoms with Gasteiger partial charge in [-0.3, -0.25) is 4.70 Å². The van der Waals surface area contributed by atoms with Crippen molar-refractivity contribution >= 4 is 0 Å². The number of rotatable bonds is 4. The number of benzene rings is 1. The van der Waals surface area contributed by atoms with Crippen LogP contribution < -0.4 is 0 Å². The Morgan fingerprint density at radius 2 is 1.15 bits per heavy atom. The van der Waals surface area contributed by atoms with Crippen molar-refractivity contribution in [1.82, 2.24) is 0 Å². The first-order chi connectivity index (χ1) is 11.7. The Balaban J connectivity index is 0. The third-order valence-electron chi connectivity index (χ3n) is 6.41. The van der Waals surface area contributed by atoms with Crippen molar-refractivity contribution in [2.75, 3.05) is 0 Å². The third kappa shape index (κ3) is 10.6. The van der Waals surface area contributed by atoms with Crippen LogP contribution in [0.4, 0.5) is 4.70 Å². The Morgan fingerprint density at radius 3 is 1.63 bits per heavy atom. The maximum absolute atomic E-state index is 2.44. The van der Waals surface area contributed by atoms with Crippen molar-refractivity contribution in [2.24, 2.45) is 23.7 Å². The Hall–Kier alpha value is 0.254. The van der Waals surface area contributed by atoms with Crippen LogP contribution in [-0.4, -0.2) is 0 Å². The van der Waals surface area contributed by atoms with E-state index in [2.05, 4.69) is 38.1 Å². The predicted molar refractivity (Wildman–Crippen MR) is 116 cm³/mol. The summed E-state index contributed by atoms with van der Waals surface area (Å²) in [4.78, 5) is 0. The zero-order valence-corrected chi connectivity index (χ0v) is 21.5. The molecule has 155 valence electrons. The molecule has 0 bridgehead atoms. The Labute approximate surface area is 194 Å². The fourth-order valence-electron chi connectivity index (χ4n) is 4.77. The van der Waals surface area contributed by atoms with Gasteiger partial charge in [0.1, 0.15) is 0 Å². The topological polar surface area (TPSA) is 0 Å². The van der Waals surface area contributed by atoms with Crippen molar-refractivity contribution in [3.8, 4) is 0 Å².